The first-order valence-corrected chi connectivity index (χ1v) is 5.19. The lowest BCUT2D eigenvalue weighted by molar-refractivity contribution is 0.627. The molecular formula is C11H6ClFN2S. The summed E-state index contributed by atoms with van der Waals surface area (Å²) in [7, 11) is 0. The highest BCUT2D eigenvalue weighted by Crippen LogP contribution is 2.16. The molecule has 0 bridgehead atoms. The molecule has 0 aliphatic rings. The molecule has 1 aromatic carbocycles. The maximum Gasteiger partial charge on any atom is 0.167 e. The predicted molar refractivity (Wildman–Crippen MR) is 64.4 cm³/mol. The molecule has 0 amide bonds. The van der Waals surface area contributed by atoms with Gasteiger partial charge in [0.15, 0.2) is 5.15 Å². The number of aromatic nitrogens is 2. The van der Waals surface area contributed by atoms with Crippen LogP contribution in [0.5, 0.6) is 0 Å². The minimum atomic E-state index is -0.294. The Morgan fingerprint density at radius 1 is 1.31 bits per heavy atom. The van der Waals surface area contributed by atoms with Crippen LogP contribution in [0.15, 0.2) is 30.5 Å². The summed E-state index contributed by atoms with van der Waals surface area (Å²) in [6, 6.07) is 5.93. The molecule has 0 N–H and O–H groups in total. The second-order valence-corrected chi connectivity index (χ2v) is 3.57. The highest BCUT2D eigenvalue weighted by Gasteiger charge is 2.05. The van der Waals surface area contributed by atoms with Crippen molar-refractivity contribution in [3.05, 3.63) is 47.0 Å². The summed E-state index contributed by atoms with van der Waals surface area (Å²) in [5.41, 5.74) is 1.30. The summed E-state index contributed by atoms with van der Waals surface area (Å²) >= 11 is 9.65. The largest absolute Gasteiger partial charge is 0.238 e. The van der Waals surface area contributed by atoms with Gasteiger partial charge >= 0.3 is 0 Å². The highest BCUT2D eigenvalue weighted by molar-refractivity contribution is 7.85. The van der Waals surface area contributed by atoms with E-state index in [9.17, 15) is 4.39 Å². The summed E-state index contributed by atoms with van der Waals surface area (Å²) in [6.07, 6.45) is 1.67. The second-order valence-electron chi connectivity index (χ2n) is 2.99. The van der Waals surface area contributed by atoms with E-state index in [2.05, 4.69) is 28.9 Å². The molecule has 0 saturated heterocycles. The lowest BCUT2D eigenvalue weighted by Crippen LogP contribution is -1.93. The van der Waals surface area contributed by atoms with Crippen molar-refractivity contribution < 1.29 is 4.39 Å². The molecule has 0 radical (unpaired) electrons. The van der Waals surface area contributed by atoms with Gasteiger partial charge in [-0.2, -0.15) is 5.10 Å². The Morgan fingerprint density at radius 3 is 2.62 bits per heavy atom. The van der Waals surface area contributed by atoms with Crippen LogP contribution in [0, 0.1) is 17.0 Å². The van der Waals surface area contributed by atoms with E-state index in [0.717, 1.165) is 5.69 Å². The van der Waals surface area contributed by atoms with E-state index in [1.165, 1.54) is 16.8 Å². The van der Waals surface area contributed by atoms with E-state index < -0.39 is 0 Å². The Hall–Kier alpha value is -1.44. The summed E-state index contributed by atoms with van der Waals surface area (Å²) in [5, 5.41) is 6.79. The number of rotatable bonds is 1. The van der Waals surface area contributed by atoms with Crippen molar-refractivity contribution >= 4 is 24.2 Å². The van der Waals surface area contributed by atoms with E-state index in [-0.39, 0.29) is 5.82 Å². The van der Waals surface area contributed by atoms with Crippen LogP contribution in [0.25, 0.3) is 5.69 Å². The third-order valence-corrected chi connectivity index (χ3v) is 2.34. The van der Waals surface area contributed by atoms with Crippen LogP contribution in [-0.2, 0) is 0 Å². The van der Waals surface area contributed by atoms with E-state index in [1.54, 1.807) is 18.3 Å². The minimum absolute atomic E-state index is 0.294. The summed E-state index contributed by atoms with van der Waals surface area (Å²) in [4.78, 5) is 0. The fraction of sp³-hybridized carbons (Fsp3) is 0. The van der Waals surface area contributed by atoms with Crippen LogP contribution in [0.3, 0.4) is 0 Å². The maximum atomic E-state index is 12.7. The molecule has 80 valence electrons. The fourth-order valence-corrected chi connectivity index (χ4v) is 1.52. The predicted octanol–water partition coefficient (Wildman–Crippen LogP) is 2.90. The van der Waals surface area contributed by atoms with Crippen LogP contribution in [0.2, 0.25) is 5.15 Å². The van der Waals surface area contributed by atoms with Crippen LogP contribution in [-0.4, -0.2) is 9.78 Å². The van der Waals surface area contributed by atoms with E-state index >= 15 is 0 Å². The molecule has 0 aliphatic heterocycles. The molecule has 5 heteroatoms. The first-order chi connectivity index (χ1) is 7.70. The summed E-state index contributed by atoms with van der Waals surface area (Å²) in [5.74, 6) is 2.41. The first-order valence-electron chi connectivity index (χ1n) is 4.37. The minimum Gasteiger partial charge on any atom is -0.238 e. The second kappa shape index (κ2) is 4.60. The summed E-state index contributed by atoms with van der Waals surface area (Å²) < 4.78 is 14.3. The van der Waals surface area contributed by atoms with Gasteiger partial charge < -0.3 is 0 Å². The zero-order valence-electron chi connectivity index (χ0n) is 7.98. The van der Waals surface area contributed by atoms with Crippen molar-refractivity contribution in [2.45, 2.75) is 0 Å². The monoisotopic (exact) mass is 252 g/mol. The van der Waals surface area contributed by atoms with Gasteiger partial charge in [0.05, 0.1) is 11.3 Å². The number of halogens is 2. The van der Waals surface area contributed by atoms with Crippen molar-refractivity contribution in [2.24, 2.45) is 0 Å². The Bertz CT molecular complexity index is 566. The molecule has 1 heterocycles. The molecule has 0 aliphatic carbocycles. The number of nitrogens with zero attached hydrogens (tertiary/aromatic N) is 2. The van der Waals surface area contributed by atoms with Gasteiger partial charge in [-0.1, -0.05) is 30.2 Å². The Balaban J connectivity index is 2.43. The van der Waals surface area contributed by atoms with Crippen LogP contribution in [0.4, 0.5) is 4.39 Å². The number of hydrogen-bond acceptors (Lipinski definition) is 2. The maximum absolute atomic E-state index is 12.7. The van der Waals surface area contributed by atoms with Gasteiger partial charge in [0.2, 0.25) is 0 Å². The zero-order chi connectivity index (χ0) is 11.5. The zero-order valence-corrected chi connectivity index (χ0v) is 9.63. The van der Waals surface area contributed by atoms with Gasteiger partial charge in [-0.25, -0.2) is 9.07 Å². The van der Waals surface area contributed by atoms with E-state index in [0.29, 0.717) is 10.7 Å². The molecule has 0 unspecified atom stereocenters. The number of benzene rings is 1. The van der Waals surface area contributed by atoms with Crippen LogP contribution in [0.1, 0.15) is 5.56 Å². The van der Waals surface area contributed by atoms with Crippen molar-refractivity contribution in [1.82, 2.24) is 9.78 Å². The standard InChI is InChI=1S/C11H6ClFN2S/c12-11-8(5-6-16)7-15(14-11)10-3-1-9(13)2-4-10/h1-4,7,16H. The van der Waals surface area contributed by atoms with Gasteiger partial charge in [0.1, 0.15) is 5.82 Å². The molecule has 2 aromatic rings. The Kier molecular flexibility index (Phi) is 3.18. The molecule has 16 heavy (non-hydrogen) atoms. The third-order valence-electron chi connectivity index (χ3n) is 1.95. The average Bonchev–Trinajstić information content (AvgIpc) is 2.62. The van der Waals surface area contributed by atoms with Gasteiger partial charge in [0, 0.05) is 6.20 Å². The molecular weight excluding hydrogens is 247 g/mol. The third kappa shape index (κ3) is 2.21. The first kappa shape index (κ1) is 11.1. The van der Waals surface area contributed by atoms with Crippen molar-refractivity contribution in [3.8, 4) is 16.9 Å². The molecule has 2 nitrogen and oxygen atoms in total. The van der Waals surface area contributed by atoms with Crippen molar-refractivity contribution in [2.75, 3.05) is 0 Å². The SMILES string of the molecule is Fc1ccc(-n2cc(C#CS)c(Cl)n2)cc1. The van der Waals surface area contributed by atoms with Crippen LogP contribution < -0.4 is 0 Å². The topological polar surface area (TPSA) is 17.8 Å². The van der Waals surface area contributed by atoms with Crippen LogP contribution >= 0.6 is 24.2 Å². The number of thiol groups is 1. The van der Waals surface area contributed by atoms with E-state index in [4.69, 9.17) is 11.6 Å². The van der Waals surface area contributed by atoms with Gasteiger partial charge in [-0.05, 0) is 29.5 Å². The lowest BCUT2D eigenvalue weighted by atomic mass is 10.3. The number of hydrogen-bond donors (Lipinski definition) is 1. The molecule has 0 atom stereocenters. The van der Waals surface area contributed by atoms with Gasteiger partial charge in [-0.15, -0.1) is 0 Å². The average molecular weight is 253 g/mol. The normalized spacial score (nSPS) is 9.69. The Morgan fingerprint density at radius 2 is 2.00 bits per heavy atom. The molecule has 2 rings (SSSR count). The van der Waals surface area contributed by atoms with Crippen molar-refractivity contribution in [1.29, 1.82) is 0 Å². The smallest absolute Gasteiger partial charge is 0.167 e. The van der Waals surface area contributed by atoms with Crippen molar-refractivity contribution in [3.63, 3.8) is 0 Å². The fourth-order valence-electron chi connectivity index (χ4n) is 1.22. The Labute approximate surface area is 102 Å². The molecule has 1 aromatic heterocycles. The lowest BCUT2D eigenvalue weighted by Gasteiger charge is -1.99. The highest BCUT2D eigenvalue weighted by atomic mass is 35.5. The molecule has 0 spiro atoms. The van der Waals surface area contributed by atoms with Gasteiger partial charge in [0.25, 0.3) is 0 Å². The molecule has 0 saturated carbocycles. The molecule has 0 fully saturated rings. The summed E-state index contributed by atoms with van der Waals surface area (Å²) in [6.45, 7) is 0. The van der Waals surface area contributed by atoms with E-state index in [1.807, 2.05) is 0 Å². The quantitative estimate of drug-likeness (QED) is 0.610. The van der Waals surface area contributed by atoms with Gasteiger partial charge in [-0.3, -0.25) is 0 Å².